The summed E-state index contributed by atoms with van der Waals surface area (Å²) in [5.41, 5.74) is 0.164. The first-order chi connectivity index (χ1) is 5.91. The number of nitrogens with one attached hydrogen (secondary N) is 1. The first kappa shape index (κ1) is 10.6. The highest BCUT2D eigenvalue weighted by atomic mass is 16.2. The average Bonchev–Trinajstić information content (AvgIpc) is 2.26. The van der Waals surface area contributed by atoms with Crippen molar-refractivity contribution in [2.75, 3.05) is 0 Å². The van der Waals surface area contributed by atoms with Crippen molar-refractivity contribution in [3.63, 3.8) is 0 Å². The third-order valence-electron chi connectivity index (χ3n) is 3.80. The van der Waals surface area contributed by atoms with Gasteiger partial charge in [-0.3, -0.25) is 4.79 Å². The summed E-state index contributed by atoms with van der Waals surface area (Å²) in [6, 6.07) is 0.319. The molecule has 76 valence electrons. The molecule has 0 spiro atoms. The molecule has 1 heterocycles. The largest absolute Gasteiger partial charge is 0.353 e. The van der Waals surface area contributed by atoms with Crippen molar-refractivity contribution in [3.05, 3.63) is 0 Å². The first-order valence-electron chi connectivity index (χ1n) is 5.20. The number of hydrogen-bond donors (Lipinski definition) is 1. The van der Waals surface area contributed by atoms with Crippen molar-refractivity contribution in [2.45, 2.75) is 47.1 Å². The Morgan fingerprint density at radius 1 is 1.31 bits per heavy atom. The van der Waals surface area contributed by atoms with Gasteiger partial charge in [0.15, 0.2) is 0 Å². The Morgan fingerprint density at radius 2 is 1.77 bits per heavy atom. The maximum atomic E-state index is 11.4. The molecule has 2 nitrogen and oxygen atoms in total. The number of hydrogen-bond acceptors (Lipinski definition) is 1. The van der Waals surface area contributed by atoms with Gasteiger partial charge in [0.2, 0.25) is 5.91 Å². The number of carbonyl (C=O) groups is 1. The van der Waals surface area contributed by atoms with E-state index in [0.717, 1.165) is 0 Å². The van der Waals surface area contributed by atoms with Gasteiger partial charge in [0, 0.05) is 17.9 Å². The molecule has 0 saturated carbocycles. The summed E-state index contributed by atoms with van der Waals surface area (Å²) in [5, 5.41) is 3.03. The molecule has 1 rings (SSSR count). The molecule has 1 aliphatic rings. The zero-order chi connectivity index (χ0) is 10.2. The number of rotatable bonds is 2. The first-order valence-corrected chi connectivity index (χ1v) is 5.20. The van der Waals surface area contributed by atoms with Crippen LogP contribution in [0.15, 0.2) is 0 Å². The Hall–Kier alpha value is -0.530. The van der Waals surface area contributed by atoms with E-state index >= 15 is 0 Å². The Kier molecular flexibility index (Phi) is 2.69. The van der Waals surface area contributed by atoms with Crippen LogP contribution in [0.2, 0.25) is 0 Å². The number of carbonyl (C=O) groups excluding carboxylic acids is 1. The van der Waals surface area contributed by atoms with Crippen LogP contribution in [0.3, 0.4) is 0 Å². The van der Waals surface area contributed by atoms with Crippen LogP contribution in [0.25, 0.3) is 0 Å². The van der Waals surface area contributed by atoms with Crippen LogP contribution in [-0.2, 0) is 4.79 Å². The summed E-state index contributed by atoms with van der Waals surface area (Å²) < 4.78 is 0. The summed E-state index contributed by atoms with van der Waals surface area (Å²) in [4.78, 5) is 11.4. The van der Waals surface area contributed by atoms with E-state index in [4.69, 9.17) is 0 Å². The maximum absolute atomic E-state index is 11.4. The molecule has 1 unspecified atom stereocenters. The Labute approximate surface area is 81.1 Å². The summed E-state index contributed by atoms with van der Waals surface area (Å²) in [6.45, 7) is 11.0. The molecular formula is C11H21NO. The fourth-order valence-electron chi connectivity index (χ4n) is 2.93. The summed E-state index contributed by atoms with van der Waals surface area (Å²) in [5.74, 6) is 1.33. The molecule has 0 aromatic heterocycles. The molecule has 1 amide bonds. The van der Waals surface area contributed by atoms with Gasteiger partial charge in [0.25, 0.3) is 0 Å². The van der Waals surface area contributed by atoms with Gasteiger partial charge in [0.05, 0.1) is 0 Å². The molecule has 1 aliphatic heterocycles. The van der Waals surface area contributed by atoms with Gasteiger partial charge in [-0.05, 0) is 18.8 Å². The predicted molar refractivity (Wildman–Crippen MR) is 54.3 cm³/mol. The van der Waals surface area contributed by atoms with Gasteiger partial charge in [-0.25, -0.2) is 0 Å². The smallest absolute Gasteiger partial charge is 0.220 e. The minimum absolute atomic E-state index is 0.164. The lowest BCUT2D eigenvalue weighted by atomic mass is 9.64. The Morgan fingerprint density at radius 3 is 1.92 bits per heavy atom. The molecular weight excluding hydrogens is 162 g/mol. The fourth-order valence-corrected chi connectivity index (χ4v) is 2.93. The van der Waals surface area contributed by atoms with E-state index in [1.54, 1.807) is 0 Å². The second-order valence-corrected chi connectivity index (χ2v) is 4.89. The molecule has 0 radical (unpaired) electrons. The van der Waals surface area contributed by atoms with Gasteiger partial charge < -0.3 is 5.32 Å². The SMILES string of the molecule is CC(C)C1(C(C)C)CC(=O)NC1C. The van der Waals surface area contributed by atoms with Crippen LogP contribution in [0.4, 0.5) is 0 Å². The topological polar surface area (TPSA) is 29.1 Å². The van der Waals surface area contributed by atoms with Crippen molar-refractivity contribution in [3.8, 4) is 0 Å². The average molecular weight is 183 g/mol. The van der Waals surface area contributed by atoms with Gasteiger partial charge >= 0.3 is 0 Å². The van der Waals surface area contributed by atoms with Crippen LogP contribution < -0.4 is 5.32 Å². The second kappa shape index (κ2) is 3.32. The predicted octanol–water partition coefficient (Wildman–Crippen LogP) is 2.19. The Balaban J connectivity index is 2.97. The van der Waals surface area contributed by atoms with Crippen molar-refractivity contribution in [1.82, 2.24) is 5.32 Å². The number of amides is 1. The lowest BCUT2D eigenvalue weighted by Gasteiger charge is -2.40. The lowest BCUT2D eigenvalue weighted by Crippen LogP contribution is -2.42. The van der Waals surface area contributed by atoms with E-state index in [1.165, 1.54) is 0 Å². The third kappa shape index (κ3) is 1.47. The van der Waals surface area contributed by atoms with Gasteiger partial charge in [0.1, 0.15) is 0 Å². The van der Waals surface area contributed by atoms with E-state index in [2.05, 4.69) is 39.9 Å². The van der Waals surface area contributed by atoms with Gasteiger partial charge in [-0.1, -0.05) is 27.7 Å². The van der Waals surface area contributed by atoms with Gasteiger partial charge in [-0.15, -0.1) is 0 Å². The molecule has 0 aromatic rings. The van der Waals surface area contributed by atoms with E-state index in [0.29, 0.717) is 24.3 Å². The molecule has 1 saturated heterocycles. The zero-order valence-corrected chi connectivity index (χ0v) is 9.35. The van der Waals surface area contributed by atoms with Crippen molar-refractivity contribution < 1.29 is 4.79 Å². The minimum Gasteiger partial charge on any atom is -0.353 e. The second-order valence-electron chi connectivity index (χ2n) is 4.89. The molecule has 0 bridgehead atoms. The lowest BCUT2D eigenvalue weighted by molar-refractivity contribution is -0.120. The Bertz CT molecular complexity index is 200. The van der Waals surface area contributed by atoms with E-state index in [9.17, 15) is 4.79 Å². The van der Waals surface area contributed by atoms with Crippen LogP contribution in [-0.4, -0.2) is 11.9 Å². The maximum Gasteiger partial charge on any atom is 0.220 e. The molecule has 1 N–H and O–H groups in total. The molecule has 1 atom stereocenters. The minimum atomic E-state index is 0.164. The molecule has 0 aromatic carbocycles. The molecule has 0 aliphatic carbocycles. The standard InChI is InChI=1S/C11H21NO/c1-7(2)11(8(3)4)6-10(13)12-9(11)5/h7-9H,6H2,1-5H3,(H,12,13). The van der Waals surface area contributed by atoms with Crippen molar-refractivity contribution >= 4 is 5.91 Å². The van der Waals surface area contributed by atoms with E-state index in [-0.39, 0.29) is 11.3 Å². The third-order valence-corrected chi connectivity index (χ3v) is 3.80. The highest BCUT2D eigenvalue weighted by molar-refractivity contribution is 5.80. The molecule has 2 heteroatoms. The van der Waals surface area contributed by atoms with Crippen molar-refractivity contribution in [2.24, 2.45) is 17.3 Å². The van der Waals surface area contributed by atoms with Crippen LogP contribution in [0.5, 0.6) is 0 Å². The molecule has 1 fully saturated rings. The quantitative estimate of drug-likeness (QED) is 0.698. The molecule has 13 heavy (non-hydrogen) atoms. The van der Waals surface area contributed by atoms with Crippen LogP contribution in [0, 0.1) is 17.3 Å². The summed E-state index contributed by atoms with van der Waals surface area (Å²) in [6.07, 6.45) is 0.698. The van der Waals surface area contributed by atoms with E-state index in [1.807, 2.05) is 0 Å². The zero-order valence-electron chi connectivity index (χ0n) is 9.35. The van der Waals surface area contributed by atoms with Crippen LogP contribution >= 0.6 is 0 Å². The monoisotopic (exact) mass is 183 g/mol. The normalized spacial score (nSPS) is 27.0. The summed E-state index contributed by atoms with van der Waals surface area (Å²) in [7, 11) is 0. The van der Waals surface area contributed by atoms with E-state index < -0.39 is 0 Å². The van der Waals surface area contributed by atoms with Crippen LogP contribution in [0.1, 0.15) is 41.0 Å². The summed E-state index contributed by atoms with van der Waals surface area (Å²) >= 11 is 0. The fraction of sp³-hybridized carbons (Fsp3) is 0.909. The highest BCUT2D eigenvalue weighted by Gasteiger charge is 2.48. The van der Waals surface area contributed by atoms with Crippen molar-refractivity contribution in [1.29, 1.82) is 0 Å². The van der Waals surface area contributed by atoms with Gasteiger partial charge in [-0.2, -0.15) is 0 Å². The highest BCUT2D eigenvalue weighted by Crippen LogP contribution is 2.45.